The van der Waals surface area contributed by atoms with E-state index in [-0.39, 0.29) is 0 Å². The molecule has 6 heteroatoms. The van der Waals surface area contributed by atoms with Gasteiger partial charge in [-0.05, 0) is 43.5 Å². The van der Waals surface area contributed by atoms with Crippen molar-refractivity contribution < 1.29 is 4.74 Å². The molecule has 0 amide bonds. The van der Waals surface area contributed by atoms with E-state index < -0.39 is 0 Å². The molecule has 1 aromatic carbocycles. The van der Waals surface area contributed by atoms with Crippen LogP contribution in [0.25, 0.3) is 0 Å². The zero-order valence-corrected chi connectivity index (χ0v) is 13.7. The normalized spacial score (nSPS) is 10.5. The zero-order valence-electron chi connectivity index (χ0n) is 12.2. The van der Waals surface area contributed by atoms with Crippen molar-refractivity contribution in [2.24, 2.45) is 0 Å². The second kappa shape index (κ2) is 6.96. The molecule has 2 aromatic rings. The van der Waals surface area contributed by atoms with E-state index in [1.807, 2.05) is 26.0 Å². The number of aromatic nitrogens is 2. The van der Waals surface area contributed by atoms with Gasteiger partial charge in [-0.2, -0.15) is 4.98 Å². The number of hydrogen-bond acceptors (Lipinski definition) is 4. The lowest BCUT2D eigenvalue weighted by Crippen LogP contribution is -2.05. The Kier molecular flexibility index (Phi) is 5.26. The van der Waals surface area contributed by atoms with E-state index in [0.717, 1.165) is 29.1 Å². The van der Waals surface area contributed by atoms with E-state index in [2.05, 4.69) is 22.2 Å². The van der Waals surface area contributed by atoms with Crippen molar-refractivity contribution in [3.8, 4) is 11.6 Å². The molecule has 0 saturated carbocycles. The van der Waals surface area contributed by atoms with Gasteiger partial charge in [-0.1, -0.05) is 30.1 Å². The highest BCUT2D eigenvalue weighted by Gasteiger charge is 2.10. The number of aryl methyl sites for hydroxylation is 2. The Labute approximate surface area is 134 Å². The number of benzene rings is 1. The van der Waals surface area contributed by atoms with Crippen molar-refractivity contribution in [1.29, 1.82) is 0 Å². The average molecular weight is 326 g/mol. The van der Waals surface area contributed by atoms with E-state index in [4.69, 9.17) is 27.9 Å². The van der Waals surface area contributed by atoms with Gasteiger partial charge in [-0.25, -0.2) is 4.98 Å². The van der Waals surface area contributed by atoms with E-state index in [0.29, 0.717) is 22.6 Å². The molecular weight excluding hydrogens is 309 g/mol. The van der Waals surface area contributed by atoms with Gasteiger partial charge >= 0.3 is 0 Å². The molecule has 0 saturated heterocycles. The summed E-state index contributed by atoms with van der Waals surface area (Å²) in [4.78, 5) is 8.39. The maximum absolute atomic E-state index is 6.15. The molecule has 2 rings (SSSR count). The standard InChI is InChI=1S/C15H17Cl2N3O/c1-4-5-18-15-19-8-12(16)14(20-15)21-11-6-9(2)13(17)10(3)7-11/h6-8H,4-5H2,1-3H3,(H,18,19,20). The summed E-state index contributed by atoms with van der Waals surface area (Å²) < 4.78 is 5.76. The second-order valence-corrected chi connectivity index (χ2v) is 5.53. The largest absolute Gasteiger partial charge is 0.437 e. The van der Waals surface area contributed by atoms with Crippen LogP contribution < -0.4 is 10.1 Å². The van der Waals surface area contributed by atoms with Gasteiger partial charge in [-0.15, -0.1) is 0 Å². The molecule has 0 aliphatic rings. The van der Waals surface area contributed by atoms with Gasteiger partial charge in [0.25, 0.3) is 0 Å². The van der Waals surface area contributed by atoms with Crippen molar-refractivity contribution >= 4 is 29.2 Å². The topological polar surface area (TPSA) is 47.0 Å². The number of ether oxygens (including phenoxy) is 1. The number of nitrogens with one attached hydrogen (secondary N) is 1. The summed E-state index contributed by atoms with van der Waals surface area (Å²) in [5, 5.41) is 4.20. The van der Waals surface area contributed by atoms with Crippen LogP contribution in [0.3, 0.4) is 0 Å². The Morgan fingerprint density at radius 3 is 2.48 bits per heavy atom. The third kappa shape index (κ3) is 3.99. The van der Waals surface area contributed by atoms with Crippen LogP contribution in [0, 0.1) is 13.8 Å². The van der Waals surface area contributed by atoms with Crippen LogP contribution >= 0.6 is 23.2 Å². The molecule has 0 spiro atoms. The van der Waals surface area contributed by atoms with Crippen LogP contribution in [0.15, 0.2) is 18.3 Å². The lowest BCUT2D eigenvalue weighted by Gasteiger charge is -2.11. The van der Waals surface area contributed by atoms with E-state index >= 15 is 0 Å². The van der Waals surface area contributed by atoms with E-state index in [1.165, 1.54) is 6.20 Å². The van der Waals surface area contributed by atoms with Crippen LogP contribution in [0.4, 0.5) is 5.95 Å². The number of hydrogen-bond donors (Lipinski definition) is 1. The molecule has 4 nitrogen and oxygen atoms in total. The fraction of sp³-hybridized carbons (Fsp3) is 0.333. The van der Waals surface area contributed by atoms with E-state index in [9.17, 15) is 0 Å². The zero-order chi connectivity index (χ0) is 15.4. The number of rotatable bonds is 5. The summed E-state index contributed by atoms with van der Waals surface area (Å²) >= 11 is 12.2. The second-order valence-electron chi connectivity index (χ2n) is 4.75. The summed E-state index contributed by atoms with van der Waals surface area (Å²) in [7, 11) is 0. The fourth-order valence-electron chi connectivity index (χ4n) is 1.82. The number of nitrogens with zero attached hydrogens (tertiary/aromatic N) is 2. The summed E-state index contributed by atoms with van der Waals surface area (Å²) in [6.45, 7) is 6.72. The van der Waals surface area contributed by atoms with Crippen LogP contribution in [-0.4, -0.2) is 16.5 Å². The molecule has 1 aromatic heterocycles. The first kappa shape index (κ1) is 15.9. The number of halogens is 2. The molecule has 0 unspecified atom stereocenters. The SMILES string of the molecule is CCCNc1ncc(Cl)c(Oc2cc(C)c(Cl)c(C)c2)n1. The number of anilines is 1. The third-order valence-corrected chi connectivity index (χ3v) is 3.72. The highest BCUT2D eigenvalue weighted by atomic mass is 35.5. The quantitative estimate of drug-likeness (QED) is 0.838. The van der Waals surface area contributed by atoms with Crippen molar-refractivity contribution in [3.05, 3.63) is 39.5 Å². The molecule has 1 heterocycles. The van der Waals surface area contributed by atoms with E-state index in [1.54, 1.807) is 0 Å². The van der Waals surface area contributed by atoms with Crippen molar-refractivity contribution in [3.63, 3.8) is 0 Å². The van der Waals surface area contributed by atoms with Crippen LogP contribution in [0.5, 0.6) is 11.6 Å². The minimum atomic E-state index is 0.325. The first-order valence-corrected chi connectivity index (χ1v) is 7.48. The van der Waals surface area contributed by atoms with Gasteiger partial charge in [-0.3, -0.25) is 0 Å². The molecule has 0 aliphatic heterocycles. The van der Waals surface area contributed by atoms with Crippen LogP contribution in [-0.2, 0) is 0 Å². The summed E-state index contributed by atoms with van der Waals surface area (Å²) in [5.74, 6) is 1.47. The van der Waals surface area contributed by atoms with Crippen molar-refractivity contribution in [2.45, 2.75) is 27.2 Å². The van der Waals surface area contributed by atoms with Gasteiger partial charge in [0.15, 0.2) is 0 Å². The van der Waals surface area contributed by atoms with Crippen LogP contribution in [0.1, 0.15) is 24.5 Å². The Morgan fingerprint density at radius 2 is 1.86 bits per heavy atom. The van der Waals surface area contributed by atoms with Crippen molar-refractivity contribution in [2.75, 3.05) is 11.9 Å². The predicted molar refractivity (Wildman–Crippen MR) is 86.8 cm³/mol. The summed E-state index contributed by atoms with van der Waals surface area (Å²) in [6.07, 6.45) is 2.51. The molecule has 1 N–H and O–H groups in total. The highest BCUT2D eigenvalue weighted by Crippen LogP contribution is 2.31. The maximum atomic E-state index is 6.15. The first-order valence-electron chi connectivity index (χ1n) is 6.72. The van der Waals surface area contributed by atoms with Gasteiger partial charge in [0.2, 0.25) is 11.8 Å². The Morgan fingerprint density at radius 1 is 1.19 bits per heavy atom. The predicted octanol–water partition coefficient (Wildman–Crippen LogP) is 5.01. The minimum absolute atomic E-state index is 0.325. The minimum Gasteiger partial charge on any atom is -0.437 e. The third-order valence-electron chi connectivity index (χ3n) is 2.87. The molecule has 112 valence electrons. The van der Waals surface area contributed by atoms with Crippen molar-refractivity contribution in [1.82, 2.24) is 9.97 Å². The molecule has 0 bridgehead atoms. The molecule has 0 atom stereocenters. The fourth-order valence-corrected chi connectivity index (χ4v) is 2.06. The average Bonchev–Trinajstić information content (AvgIpc) is 2.45. The molecule has 0 radical (unpaired) electrons. The van der Waals surface area contributed by atoms with Crippen LogP contribution in [0.2, 0.25) is 10.0 Å². The summed E-state index contributed by atoms with van der Waals surface area (Å²) in [6, 6.07) is 3.71. The van der Waals surface area contributed by atoms with Gasteiger partial charge < -0.3 is 10.1 Å². The molecule has 0 aliphatic carbocycles. The Hall–Kier alpha value is -1.52. The highest BCUT2D eigenvalue weighted by molar-refractivity contribution is 6.32. The van der Waals surface area contributed by atoms with Gasteiger partial charge in [0.1, 0.15) is 10.8 Å². The molecule has 21 heavy (non-hydrogen) atoms. The smallest absolute Gasteiger partial charge is 0.243 e. The Balaban J connectivity index is 2.26. The lowest BCUT2D eigenvalue weighted by atomic mass is 10.1. The summed E-state index contributed by atoms with van der Waals surface area (Å²) in [5.41, 5.74) is 1.89. The van der Waals surface area contributed by atoms with Gasteiger partial charge in [0.05, 0.1) is 6.20 Å². The molecule has 0 fully saturated rings. The van der Waals surface area contributed by atoms with Gasteiger partial charge in [0, 0.05) is 11.6 Å². The molecular formula is C15H17Cl2N3O. The monoisotopic (exact) mass is 325 g/mol. The maximum Gasteiger partial charge on any atom is 0.243 e. The lowest BCUT2D eigenvalue weighted by molar-refractivity contribution is 0.462. The first-order chi connectivity index (χ1) is 10.0. The Bertz CT molecular complexity index is 624.